The molecule has 0 fully saturated rings. The van der Waals surface area contributed by atoms with Crippen LogP contribution in [0, 0.1) is 5.92 Å². The van der Waals surface area contributed by atoms with Gasteiger partial charge in [0.15, 0.2) is 0 Å². The van der Waals surface area contributed by atoms with E-state index in [2.05, 4.69) is 0 Å². The number of carboxylic acid groups (broad SMARTS) is 1. The van der Waals surface area contributed by atoms with Crippen molar-refractivity contribution in [2.75, 3.05) is 13.1 Å². The summed E-state index contributed by atoms with van der Waals surface area (Å²) in [5.41, 5.74) is 0. The molecule has 0 aliphatic rings. The molecule has 0 bridgehead atoms. The SMILES string of the molecule is CC(C)CN(CC(=O)O)S(=O)(=O)c1cccc(Cl)c1. The molecule has 0 aromatic heterocycles. The number of halogens is 1. The Labute approximate surface area is 117 Å². The van der Waals surface area contributed by atoms with E-state index in [1.165, 1.54) is 18.2 Å². The summed E-state index contributed by atoms with van der Waals surface area (Å²) < 4.78 is 25.7. The van der Waals surface area contributed by atoms with Gasteiger partial charge < -0.3 is 5.11 Å². The maximum Gasteiger partial charge on any atom is 0.318 e. The Kier molecular flexibility index (Phi) is 5.34. The number of sulfonamides is 1. The van der Waals surface area contributed by atoms with Gasteiger partial charge in [-0.25, -0.2) is 8.42 Å². The summed E-state index contributed by atoms with van der Waals surface area (Å²) >= 11 is 5.77. The van der Waals surface area contributed by atoms with E-state index >= 15 is 0 Å². The molecule has 0 saturated heterocycles. The number of aliphatic carboxylic acids is 1. The van der Waals surface area contributed by atoms with Crippen LogP contribution in [0.5, 0.6) is 0 Å². The Morgan fingerprint density at radius 1 is 1.42 bits per heavy atom. The molecular weight excluding hydrogens is 290 g/mol. The van der Waals surface area contributed by atoms with Crippen molar-refractivity contribution in [3.8, 4) is 0 Å². The Bertz CT molecular complexity index is 557. The number of nitrogens with zero attached hydrogens (tertiary/aromatic N) is 1. The van der Waals surface area contributed by atoms with Gasteiger partial charge in [0.1, 0.15) is 6.54 Å². The minimum Gasteiger partial charge on any atom is -0.480 e. The van der Waals surface area contributed by atoms with Crippen LogP contribution in [-0.2, 0) is 14.8 Å². The molecular formula is C12H16ClNO4S. The summed E-state index contributed by atoms with van der Waals surface area (Å²) in [4.78, 5) is 10.8. The maximum absolute atomic E-state index is 12.4. The third-order valence-electron chi connectivity index (χ3n) is 2.31. The molecule has 0 spiro atoms. The summed E-state index contributed by atoms with van der Waals surface area (Å²) in [7, 11) is -3.85. The predicted molar refractivity (Wildman–Crippen MR) is 72.7 cm³/mol. The fourth-order valence-electron chi connectivity index (χ4n) is 1.58. The predicted octanol–water partition coefficient (Wildman–Crippen LogP) is 2.07. The van der Waals surface area contributed by atoms with Crippen molar-refractivity contribution in [3.63, 3.8) is 0 Å². The van der Waals surface area contributed by atoms with E-state index in [0.717, 1.165) is 4.31 Å². The van der Waals surface area contributed by atoms with E-state index in [-0.39, 0.29) is 17.4 Å². The van der Waals surface area contributed by atoms with Crippen LogP contribution in [0.2, 0.25) is 5.02 Å². The third-order valence-corrected chi connectivity index (χ3v) is 4.36. The minimum absolute atomic E-state index is 0.00176. The van der Waals surface area contributed by atoms with Crippen molar-refractivity contribution in [2.45, 2.75) is 18.7 Å². The monoisotopic (exact) mass is 305 g/mol. The second-order valence-corrected chi connectivity index (χ2v) is 6.92. The van der Waals surface area contributed by atoms with Gasteiger partial charge >= 0.3 is 5.97 Å². The lowest BCUT2D eigenvalue weighted by Crippen LogP contribution is -2.38. The molecule has 0 saturated carbocycles. The van der Waals surface area contributed by atoms with Crippen LogP contribution in [0.4, 0.5) is 0 Å². The molecule has 1 N–H and O–H groups in total. The summed E-state index contributed by atoms with van der Waals surface area (Å²) in [6.45, 7) is 3.22. The lowest BCUT2D eigenvalue weighted by atomic mass is 10.2. The van der Waals surface area contributed by atoms with Gasteiger partial charge in [0, 0.05) is 11.6 Å². The van der Waals surface area contributed by atoms with Crippen LogP contribution < -0.4 is 0 Å². The zero-order valence-corrected chi connectivity index (χ0v) is 12.3. The highest BCUT2D eigenvalue weighted by atomic mass is 35.5. The molecule has 0 radical (unpaired) electrons. The fraction of sp³-hybridized carbons (Fsp3) is 0.417. The molecule has 7 heteroatoms. The standard InChI is InChI=1S/C12H16ClNO4S/c1-9(2)7-14(8-12(15)16)19(17,18)11-5-3-4-10(13)6-11/h3-6,9H,7-8H2,1-2H3,(H,15,16). The molecule has 1 aromatic rings. The number of benzene rings is 1. The van der Waals surface area contributed by atoms with E-state index < -0.39 is 22.5 Å². The average Bonchev–Trinajstić information content (AvgIpc) is 2.26. The smallest absolute Gasteiger partial charge is 0.318 e. The van der Waals surface area contributed by atoms with Crippen molar-refractivity contribution >= 4 is 27.6 Å². The van der Waals surface area contributed by atoms with Crippen molar-refractivity contribution < 1.29 is 18.3 Å². The third kappa shape index (κ3) is 4.49. The second kappa shape index (κ2) is 6.36. The molecule has 19 heavy (non-hydrogen) atoms. The van der Waals surface area contributed by atoms with Gasteiger partial charge in [0.05, 0.1) is 4.90 Å². The van der Waals surface area contributed by atoms with Crippen LogP contribution in [0.3, 0.4) is 0 Å². The Hall–Kier alpha value is -1.11. The van der Waals surface area contributed by atoms with Crippen LogP contribution >= 0.6 is 11.6 Å². The lowest BCUT2D eigenvalue weighted by Gasteiger charge is -2.22. The van der Waals surface area contributed by atoms with Crippen LogP contribution in [0.25, 0.3) is 0 Å². The largest absolute Gasteiger partial charge is 0.480 e. The number of carboxylic acids is 1. The zero-order chi connectivity index (χ0) is 14.6. The molecule has 0 heterocycles. The molecule has 1 rings (SSSR count). The summed E-state index contributed by atoms with van der Waals surface area (Å²) in [5.74, 6) is -1.17. The Morgan fingerprint density at radius 3 is 2.53 bits per heavy atom. The average molecular weight is 306 g/mol. The molecule has 0 aliphatic heterocycles. The van der Waals surface area contributed by atoms with Gasteiger partial charge in [-0.05, 0) is 24.1 Å². The van der Waals surface area contributed by atoms with Crippen LogP contribution in [0.15, 0.2) is 29.2 Å². The topological polar surface area (TPSA) is 74.7 Å². The van der Waals surface area contributed by atoms with Crippen molar-refractivity contribution in [1.82, 2.24) is 4.31 Å². The molecule has 1 aromatic carbocycles. The van der Waals surface area contributed by atoms with Gasteiger partial charge in [0.2, 0.25) is 10.0 Å². The summed E-state index contributed by atoms with van der Waals surface area (Å²) in [5, 5.41) is 9.12. The van der Waals surface area contributed by atoms with E-state index in [1.54, 1.807) is 6.07 Å². The fourth-order valence-corrected chi connectivity index (χ4v) is 3.44. The molecule has 0 atom stereocenters. The van der Waals surface area contributed by atoms with Gasteiger partial charge in [-0.2, -0.15) is 4.31 Å². The molecule has 5 nitrogen and oxygen atoms in total. The maximum atomic E-state index is 12.4. The summed E-state index contributed by atoms with van der Waals surface area (Å²) in [6, 6.07) is 5.79. The van der Waals surface area contributed by atoms with Crippen molar-refractivity contribution in [1.29, 1.82) is 0 Å². The van der Waals surface area contributed by atoms with E-state index in [1.807, 2.05) is 13.8 Å². The zero-order valence-electron chi connectivity index (χ0n) is 10.7. The van der Waals surface area contributed by atoms with Gasteiger partial charge in [-0.15, -0.1) is 0 Å². The quantitative estimate of drug-likeness (QED) is 0.873. The van der Waals surface area contributed by atoms with Crippen LogP contribution in [0.1, 0.15) is 13.8 Å². The summed E-state index contributed by atoms with van der Waals surface area (Å²) in [6.07, 6.45) is 0. The minimum atomic E-state index is -3.85. The van der Waals surface area contributed by atoms with Crippen molar-refractivity contribution in [2.24, 2.45) is 5.92 Å². The first-order valence-electron chi connectivity index (χ1n) is 5.71. The van der Waals surface area contributed by atoms with Gasteiger partial charge in [-0.1, -0.05) is 31.5 Å². The first kappa shape index (κ1) is 15.9. The molecule has 0 aliphatic carbocycles. The van der Waals surface area contributed by atoms with E-state index in [9.17, 15) is 13.2 Å². The number of hydrogen-bond donors (Lipinski definition) is 1. The first-order valence-corrected chi connectivity index (χ1v) is 7.53. The van der Waals surface area contributed by atoms with Crippen molar-refractivity contribution in [3.05, 3.63) is 29.3 Å². The highest BCUT2D eigenvalue weighted by Gasteiger charge is 2.27. The molecule has 0 amide bonds. The number of carbonyl (C=O) groups is 1. The highest BCUT2D eigenvalue weighted by Crippen LogP contribution is 2.20. The Balaban J connectivity index is 3.15. The lowest BCUT2D eigenvalue weighted by molar-refractivity contribution is -0.137. The normalized spacial score (nSPS) is 12.1. The number of rotatable bonds is 6. The molecule has 0 unspecified atom stereocenters. The first-order chi connectivity index (χ1) is 8.73. The second-order valence-electron chi connectivity index (χ2n) is 4.54. The highest BCUT2D eigenvalue weighted by molar-refractivity contribution is 7.89. The van der Waals surface area contributed by atoms with Gasteiger partial charge in [-0.3, -0.25) is 4.79 Å². The van der Waals surface area contributed by atoms with Crippen LogP contribution in [-0.4, -0.2) is 36.9 Å². The Morgan fingerprint density at radius 2 is 2.05 bits per heavy atom. The molecule has 106 valence electrons. The van der Waals surface area contributed by atoms with E-state index in [0.29, 0.717) is 5.02 Å². The number of hydrogen-bond acceptors (Lipinski definition) is 3. The van der Waals surface area contributed by atoms with Gasteiger partial charge in [0.25, 0.3) is 0 Å². The van der Waals surface area contributed by atoms with E-state index in [4.69, 9.17) is 16.7 Å².